The van der Waals surface area contributed by atoms with Gasteiger partial charge in [0.15, 0.2) is 5.75 Å². The second-order valence-corrected chi connectivity index (χ2v) is 8.90. The maximum Gasteiger partial charge on any atom is 0.339 e. The lowest BCUT2D eigenvalue weighted by molar-refractivity contribution is -0.114. The van der Waals surface area contributed by atoms with Crippen molar-refractivity contribution in [3.8, 4) is 5.75 Å². The number of hydrogen-bond acceptors (Lipinski definition) is 6. The van der Waals surface area contributed by atoms with E-state index in [0.29, 0.717) is 21.3 Å². The Kier molecular flexibility index (Phi) is 7.39. The maximum absolute atomic E-state index is 12.5. The van der Waals surface area contributed by atoms with Crippen molar-refractivity contribution < 1.29 is 22.2 Å². The first-order valence-corrected chi connectivity index (χ1v) is 11.4. The number of nitrogens with zero attached hydrogens (tertiary/aromatic N) is 1. The number of halogens is 1. The van der Waals surface area contributed by atoms with Crippen molar-refractivity contribution in [1.29, 1.82) is 0 Å². The van der Waals surface area contributed by atoms with E-state index >= 15 is 0 Å². The zero-order valence-electron chi connectivity index (χ0n) is 16.8. The Morgan fingerprint density at radius 1 is 1.00 bits per heavy atom. The van der Waals surface area contributed by atoms with Crippen LogP contribution in [-0.2, 0) is 14.9 Å². The molecule has 0 fully saturated rings. The van der Waals surface area contributed by atoms with Crippen LogP contribution in [0.4, 0.5) is 5.69 Å². The molecule has 0 bridgehead atoms. The highest BCUT2D eigenvalue weighted by molar-refractivity contribution is 9.10. The van der Waals surface area contributed by atoms with Crippen molar-refractivity contribution in [2.24, 2.45) is 5.10 Å². The van der Waals surface area contributed by atoms with E-state index in [4.69, 9.17) is 4.18 Å². The fourth-order valence-corrected chi connectivity index (χ4v) is 4.09. The normalized spacial score (nSPS) is 11.2. The molecule has 8 nitrogen and oxygen atoms in total. The van der Waals surface area contributed by atoms with Crippen LogP contribution in [-0.4, -0.2) is 26.4 Å². The average Bonchev–Trinajstić information content (AvgIpc) is 2.76. The van der Waals surface area contributed by atoms with Gasteiger partial charge in [0.2, 0.25) is 5.91 Å². The van der Waals surface area contributed by atoms with Gasteiger partial charge >= 0.3 is 10.1 Å². The standard InChI is InChI=1S/C22H18BrN3O5S/c1-15(27)25-18-8-10-19(11-9-18)32(29,30)31-21-12-7-16(13-20(21)23)14-24-26-22(28)17-5-3-2-4-6-17/h2-14H,1H3,(H,25,27)(H,26,28)/b24-14-. The summed E-state index contributed by atoms with van der Waals surface area (Å²) in [4.78, 5) is 23.0. The second kappa shape index (κ2) is 10.2. The van der Waals surface area contributed by atoms with Gasteiger partial charge in [0.1, 0.15) is 4.90 Å². The highest BCUT2D eigenvalue weighted by atomic mass is 79.9. The molecule has 0 radical (unpaired) electrons. The van der Waals surface area contributed by atoms with Crippen molar-refractivity contribution in [2.75, 3.05) is 5.32 Å². The third kappa shape index (κ3) is 6.25. The topological polar surface area (TPSA) is 114 Å². The summed E-state index contributed by atoms with van der Waals surface area (Å²) in [6.45, 7) is 1.36. The Bertz CT molecular complexity index is 1260. The van der Waals surface area contributed by atoms with Gasteiger partial charge in [0.05, 0.1) is 10.7 Å². The lowest BCUT2D eigenvalue weighted by atomic mass is 10.2. The van der Waals surface area contributed by atoms with Crippen LogP contribution in [0.2, 0.25) is 0 Å². The van der Waals surface area contributed by atoms with Crippen LogP contribution in [0.1, 0.15) is 22.8 Å². The summed E-state index contributed by atoms with van der Waals surface area (Å²) in [5, 5.41) is 6.47. The number of amides is 2. The monoisotopic (exact) mass is 515 g/mol. The summed E-state index contributed by atoms with van der Waals surface area (Å²) in [5.74, 6) is -0.526. The molecule has 3 aromatic carbocycles. The van der Waals surface area contributed by atoms with Crippen LogP contribution in [0.5, 0.6) is 5.75 Å². The number of carbonyl (C=O) groups excluding carboxylic acids is 2. The molecular weight excluding hydrogens is 498 g/mol. The molecule has 0 heterocycles. The maximum atomic E-state index is 12.5. The number of hydrogen-bond donors (Lipinski definition) is 2. The van der Waals surface area contributed by atoms with Gasteiger partial charge in [0.25, 0.3) is 5.91 Å². The minimum Gasteiger partial charge on any atom is -0.378 e. The molecule has 0 unspecified atom stereocenters. The Balaban J connectivity index is 1.66. The van der Waals surface area contributed by atoms with Gasteiger partial charge < -0.3 is 9.50 Å². The van der Waals surface area contributed by atoms with Crippen molar-refractivity contribution in [1.82, 2.24) is 5.43 Å². The molecule has 0 spiro atoms. The van der Waals surface area contributed by atoms with E-state index in [0.717, 1.165) is 0 Å². The van der Waals surface area contributed by atoms with Gasteiger partial charge in [-0.25, -0.2) is 5.43 Å². The summed E-state index contributed by atoms with van der Waals surface area (Å²) in [5.41, 5.74) is 3.98. The molecule has 32 heavy (non-hydrogen) atoms. The first kappa shape index (κ1) is 23.2. The van der Waals surface area contributed by atoms with Gasteiger partial charge in [-0.1, -0.05) is 18.2 Å². The summed E-state index contributed by atoms with van der Waals surface area (Å²) in [6, 6.07) is 18.9. The predicted molar refractivity (Wildman–Crippen MR) is 124 cm³/mol. The zero-order chi connectivity index (χ0) is 23.1. The lowest BCUT2D eigenvalue weighted by Crippen LogP contribution is -2.17. The summed E-state index contributed by atoms with van der Waals surface area (Å²) >= 11 is 3.28. The molecule has 0 aliphatic carbocycles. The fraction of sp³-hybridized carbons (Fsp3) is 0.0455. The molecule has 3 aromatic rings. The van der Waals surface area contributed by atoms with E-state index in [1.807, 2.05) is 6.07 Å². The van der Waals surface area contributed by atoms with Crippen LogP contribution in [0, 0.1) is 0 Å². The highest BCUT2D eigenvalue weighted by Gasteiger charge is 2.18. The van der Waals surface area contributed by atoms with E-state index < -0.39 is 10.1 Å². The summed E-state index contributed by atoms with van der Waals surface area (Å²) < 4.78 is 30.7. The Morgan fingerprint density at radius 2 is 1.69 bits per heavy atom. The lowest BCUT2D eigenvalue weighted by Gasteiger charge is -2.10. The molecule has 164 valence electrons. The SMILES string of the molecule is CC(=O)Nc1ccc(S(=O)(=O)Oc2ccc(/C=N\NC(=O)c3ccccc3)cc2Br)cc1. The Labute approximate surface area is 193 Å². The number of hydrazone groups is 1. The molecule has 0 saturated heterocycles. The number of benzene rings is 3. The molecule has 10 heteroatoms. The largest absolute Gasteiger partial charge is 0.378 e. The number of carbonyl (C=O) groups is 2. The van der Waals surface area contributed by atoms with Crippen molar-refractivity contribution in [3.05, 3.63) is 88.4 Å². The number of nitrogens with one attached hydrogen (secondary N) is 2. The van der Waals surface area contributed by atoms with Crippen LogP contribution in [0.15, 0.2) is 87.3 Å². The third-order valence-corrected chi connectivity index (χ3v) is 5.90. The van der Waals surface area contributed by atoms with E-state index in [-0.39, 0.29) is 22.5 Å². The van der Waals surface area contributed by atoms with Crippen LogP contribution < -0.4 is 14.9 Å². The first-order chi connectivity index (χ1) is 15.2. The summed E-state index contributed by atoms with van der Waals surface area (Å²) in [7, 11) is -4.09. The van der Waals surface area contributed by atoms with Gasteiger partial charge in [0, 0.05) is 18.2 Å². The van der Waals surface area contributed by atoms with E-state index in [1.165, 1.54) is 43.5 Å². The van der Waals surface area contributed by atoms with E-state index in [2.05, 4.69) is 31.8 Å². The van der Waals surface area contributed by atoms with Crippen molar-refractivity contribution in [2.45, 2.75) is 11.8 Å². The highest BCUT2D eigenvalue weighted by Crippen LogP contribution is 2.29. The van der Waals surface area contributed by atoms with E-state index in [9.17, 15) is 18.0 Å². The van der Waals surface area contributed by atoms with Crippen molar-refractivity contribution in [3.63, 3.8) is 0 Å². The molecular formula is C22H18BrN3O5S. The third-order valence-electron chi connectivity index (χ3n) is 4.03. The molecule has 0 aromatic heterocycles. The molecule has 0 aliphatic heterocycles. The quantitative estimate of drug-likeness (QED) is 0.281. The predicted octanol–water partition coefficient (Wildman–Crippen LogP) is 3.94. The smallest absolute Gasteiger partial charge is 0.339 e. The average molecular weight is 516 g/mol. The minimum atomic E-state index is -4.09. The molecule has 0 atom stereocenters. The Morgan fingerprint density at radius 3 is 2.31 bits per heavy atom. The molecule has 2 amide bonds. The van der Waals surface area contributed by atoms with Gasteiger partial charge in [-0.3, -0.25) is 9.59 Å². The number of rotatable bonds is 7. The molecule has 3 rings (SSSR count). The minimum absolute atomic E-state index is 0.0623. The first-order valence-electron chi connectivity index (χ1n) is 9.25. The van der Waals surface area contributed by atoms with Crippen LogP contribution >= 0.6 is 15.9 Å². The second-order valence-electron chi connectivity index (χ2n) is 6.50. The summed E-state index contributed by atoms with van der Waals surface area (Å²) in [6.07, 6.45) is 1.42. The van der Waals surface area contributed by atoms with Crippen LogP contribution in [0.25, 0.3) is 0 Å². The number of anilines is 1. The van der Waals surface area contributed by atoms with Crippen LogP contribution in [0.3, 0.4) is 0 Å². The molecule has 2 N–H and O–H groups in total. The zero-order valence-corrected chi connectivity index (χ0v) is 19.2. The van der Waals surface area contributed by atoms with Gasteiger partial charge in [-0.15, -0.1) is 0 Å². The van der Waals surface area contributed by atoms with Gasteiger partial charge in [-0.05, 0) is 76.1 Å². The molecule has 0 aliphatic rings. The van der Waals surface area contributed by atoms with Gasteiger partial charge in [-0.2, -0.15) is 13.5 Å². The van der Waals surface area contributed by atoms with Crippen molar-refractivity contribution >= 4 is 49.8 Å². The molecule has 0 saturated carbocycles. The van der Waals surface area contributed by atoms with E-state index in [1.54, 1.807) is 36.4 Å². The Hall–Kier alpha value is -3.50. The fourth-order valence-electron chi connectivity index (χ4n) is 2.56.